The van der Waals surface area contributed by atoms with Gasteiger partial charge in [-0.2, -0.15) is 0 Å². The van der Waals surface area contributed by atoms with Crippen molar-refractivity contribution in [2.24, 2.45) is 0 Å². The summed E-state index contributed by atoms with van der Waals surface area (Å²) in [5.41, 5.74) is 2.22. The Balaban J connectivity index is 2.94. The second-order valence-electron chi connectivity index (χ2n) is 3.05. The first-order chi connectivity index (χ1) is 6.33. The molecular formula is C12H11N. The molecule has 0 amide bonds. The van der Waals surface area contributed by atoms with Gasteiger partial charge in [-0.25, -0.2) is 0 Å². The van der Waals surface area contributed by atoms with E-state index >= 15 is 0 Å². The lowest BCUT2D eigenvalue weighted by Gasteiger charge is -2.03. The van der Waals surface area contributed by atoms with E-state index in [0.29, 0.717) is 0 Å². The van der Waals surface area contributed by atoms with Crippen LogP contribution >= 0.6 is 0 Å². The first-order valence-electron chi connectivity index (χ1n) is 4.29. The Labute approximate surface area is 77.7 Å². The predicted molar refractivity (Wildman–Crippen MR) is 56.6 cm³/mol. The summed E-state index contributed by atoms with van der Waals surface area (Å²) in [5.74, 6) is 0. The topological polar surface area (TPSA) is 12.9 Å². The van der Waals surface area contributed by atoms with E-state index in [0.717, 1.165) is 11.3 Å². The Morgan fingerprint density at radius 3 is 2.92 bits per heavy atom. The number of hydrogen-bond acceptors (Lipinski definition) is 1. The summed E-state index contributed by atoms with van der Waals surface area (Å²) in [4.78, 5) is 4.27. The fourth-order valence-corrected chi connectivity index (χ4v) is 1.61. The summed E-state index contributed by atoms with van der Waals surface area (Å²) in [6, 6.07) is 8.22. The second-order valence-corrected chi connectivity index (χ2v) is 3.05. The summed E-state index contributed by atoms with van der Waals surface area (Å²) in [7, 11) is 0. The highest BCUT2D eigenvalue weighted by atomic mass is 14.7. The van der Waals surface area contributed by atoms with Crippen LogP contribution in [0.1, 0.15) is 11.3 Å². The molecule has 0 unspecified atom stereocenters. The lowest BCUT2D eigenvalue weighted by Crippen LogP contribution is -1.85. The van der Waals surface area contributed by atoms with E-state index in [2.05, 4.69) is 23.7 Å². The number of nitrogens with zero attached hydrogens (tertiary/aromatic N) is 1. The Morgan fingerprint density at radius 2 is 2.15 bits per heavy atom. The fraction of sp³-hybridized carbons (Fsp3) is 0.0833. The molecule has 0 spiro atoms. The van der Waals surface area contributed by atoms with E-state index in [-0.39, 0.29) is 0 Å². The van der Waals surface area contributed by atoms with Crippen molar-refractivity contribution >= 4 is 16.8 Å². The van der Waals surface area contributed by atoms with Gasteiger partial charge >= 0.3 is 0 Å². The third kappa shape index (κ3) is 1.22. The maximum Gasteiger partial charge on any atom is 0.0456 e. The maximum absolute atomic E-state index is 4.27. The molecule has 0 saturated carbocycles. The van der Waals surface area contributed by atoms with E-state index in [1.165, 1.54) is 10.8 Å². The molecule has 0 saturated heterocycles. The Kier molecular flexibility index (Phi) is 1.85. The minimum atomic E-state index is 1.06. The molecule has 1 nitrogen and oxygen atoms in total. The first kappa shape index (κ1) is 7.99. The Hall–Kier alpha value is -1.63. The smallest absolute Gasteiger partial charge is 0.0456 e. The molecule has 2 rings (SSSR count). The second kappa shape index (κ2) is 3.02. The Bertz CT molecular complexity index is 452. The molecule has 1 heterocycles. The van der Waals surface area contributed by atoms with Gasteiger partial charge in [0.15, 0.2) is 0 Å². The summed E-state index contributed by atoms with van der Waals surface area (Å²) in [5, 5.41) is 2.44. The summed E-state index contributed by atoms with van der Waals surface area (Å²) < 4.78 is 0. The molecule has 1 heteroatoms. The number of pyridine rings is 1. The van der Waals surface area contributed by atoms with E-state index < -0.39 is 0 Å². The number of fused-ring (bicyclic) bond motifs is 1. The number of benzene rings is 1. The summed E-state index contributed by atoms with van der Waals surface area (Å²) >= 11 is 0. The van der Waals surface area contributed by atoms with Crippen molar-refractivity contribution in [3.05, 3.63) is 48.3 Å². The molecule has 0 aliphatic rings. The van der Waals surface area contributed by atoms with Crippen molar-refractivity contribution in [3.63, 3.8) is 0 Å². The molecule has 0 fully saturated rings. The van der Waals surface area contributed by atoms with Crippen LogP contribution in [-0.4, -0.2) is 4.98 Å². The van der Waals surface area contributed by atoms with Gasteiger partial charge in [0, 0.05) is 17.3 Å². The van der Waals surface area contributed by atoms with Crippen LogP contribution in [0.15, 0.2) is 37.0 Å². The predicted octanol–water partition coefficient (Wildman–Crippen LogP) is 3.19. The third-order valence-electron chi connectivity index (χ3n) is 2.23. The van der Waals surface area contributed by atoms with Crippen LogP contribution in [0.25, 0.3) is 16.8 Å². The van der Waals surface area contributed by atoms with E-state index in [9.17, 15) is 0 Å². The summed E-state index contributed by atoms with van der Waals surface area (Å²) in [6.45, 7) is 5.82. The van der Waals surface area contributed by atoms with Gasteiger partial charge in [0.2, 0.25) is 0 Å². The fourth-order valence-electron chi connectivity index (χ4n) is 1.61. The van der Waals surface area contributed by atoms with E-state index in [4.69, 9.17) is 0 Å². The zero-order chi connectivity index (χ0) is 9.26. The van der Waals surface area contributed by atoms with Crippen molar-refractivity contribution in [2.45, 2.75) is 6.92 Å². The number of rotatable bonds is 1. The Morgan fingerprint density at radius 1 is 1.31 bits per heavy atom. The molecule has 2 aromatic rings. The van der Waals surface area contributed by atoms with Gasteiger partial charge in [0.05, 0.1) is 0 Å². The third-order valence-corrected chi connectivity index (χ3v) is 2.23. The molecule has 1 aromatic carbocycles. The van der Waals surface area contributed by atoms with Crippen molar-refractivity contribution in [1.29, 1.82) is 0 Å². The zero-order valence-corrected chi connectivity index (χ0v) is 7.62. The monoisotopic (exact) mass is 169 g/mol. The average molecular weight is 169 g/mol. The SMILES string of the molecule is C=Cc1cccc2ccnc(C)c12. The van der Waals surface area contributed by atoms with Gasteiger partial charge in [-0.3, -0.25) is 4.98 Å². The van der Waals surface area contributed by atoms with Crippen LogP contribution in [0.5, 0.6) is 0 Å². The van der Waals surface area contributed by atoms with Crippen molar-refractivity contribution in [3.8, 4) is 0 Å². The molecule has 0 atom stereocenters. The van der Waals surface area contributed by atoms with Gasteiger partial charge < -0.3 is 0 Å². The largest absolute Gasteiger partial charge is 0.261 e. The molecule has 13 heavy (non-hydrogen) atoms. The highest BCUT2D eigenvalue weighted by molar-refractivity contribution is 5.91. The van der Waals surface area contributed by atoms with Crippen molar-refractivity contribution < 1.29 is 0 Å². The van der Waals surface area contributed by atoms with Crippen LogP contribution < -0.4 is 0 Å². The zero-order valence-electron chi connectivity index (χ0n) is 7.62. The normalized spacial score (nSPS) is 10.2. The van der Waals surface area contributed by atoms with Gasteiger partial charge in [-0.15, -0.1) is 0 Å². The summed E-state index contributed by atoms with van der Waals surface area (Å²) in [6.07, 6.45) is 3.71. The highest BCUT2D eigenvalue weighted by Gasteiger charge is 2.00. The van der Waals surface area contributed by atoms with E-state index in [1.54, 1.807) is 0 Å². The van der Waals surface area contributed by atoms with Crippen LogP contribution in [-0.2, 0) is 0 Å². The van der Waals surface area contributed by atoms with E-state index in [1.807, 2.05) is 31.3 Å². The van der Waals surface area contributed by atoms with Crippen LogP contribution in [0.4, 0.5) is 0 Å². The molecule has 0 aliphatic heterocycles. The maximum atomic E-state index is 4.27. The molecule has 1 aromatic heterocycles. The number of aryl methyl sites for hydroxylation is 1. The van der Waals surface area contributed by atoms with Gasteiger partial charge in [-0.1, -0.05) is 30.9 Å². The van der Waals surface area contributed by atoms with Gasteiger partial charge in [0.25, 0.3) is 0 Å². The molecular weight excluding hydrogens is 158 g/mol. The molecule has 0 bridgehead atoms. The molecule has 0 aliphatic carbocycles. The van der Waals surface area contributed by atoms with Crippen molar-refractivity contribution in [2.75, 3.05) is 0 Å². The molecule has 0 N–H and O–H groups in total. The van der Waals surface area contributed by atoms with Crippen molar-refractivity contribution in [1.82, 2.24) is 4.98 Å². The number of aromatic nitrogens is 1. The van der Waals surface area contributed by atoms with Gasteiger partial charge in [-0.05, 0) is 23.9 Å². The van der Waals surface area contributed by atoms with Crippen LogP contribution in [0, 0.1) is 6.92 Å². The quantitative estimate of drug-likeness (QED) is 0.638. The van der Waals surface area contributed by atoms with Gasteiger partial charge in [0.1, 0.15) is 0 Å². The number of hydrogen-bond donors (Lipinski definition) is 0. The lowest BCUT2D eigenvalue weighted by molar-refractivity contribution is 1.23. The van der Waals surface area contributed by atoms with Crippen LogP contribution in [0.2, 0.25) is 0 Å². The molecule has 0 radical (unpaired) electrons. The average Bonchev–Trinajstić information content (AvgIpc) is 2.17. The first-order valence-corrected chi connectivity index (χ1v) is 4.29. The minimum Gasteiger partial charge on any atom is -0.261 e. The van der Waals surface area contributed by atoms with Crippen LogP contribution in [0.3, 0.4) is 0 Å². The molecule has 64 valence electrons. The standard InChI is InChI=1S/C12H11N/c1-3-10-5-4-6-11-7-8-13-9(2)12(10)11/h3-8H,1H2,2H3. The lowest BCUT2D eigenvalue weighted by atomic mass is 10.0. The highest BCUT2D eigenvalue weighted by Crippen LogP contribution is 2.21. The minimum absolute atomic E-state index is 1.06.